The van der Waals surface area contributed by atoms with E-state index in [2.05, 4.69) is 0 Å². The molecule has 7 heteroatoms. The van der Waals surface area contributed by atoms with E-state index in [-0.39, 0.29) is 0 Å². The molecule has 2 N–H and O–H groups in total. The van der Waals surface area contributed by atoms with Gasteiger partial charge in [0.25, 0.3) is 0 Å². The molecule has 0 aromatic heterocycles. The number of aliphatic hydroxyl groups is 2. The number of aliphatic hydroxyl groups excluding tert-OH is 2. The Hall–Kier alpha value is -1.18. The summed E-state index contributed by atoms with van der Waals surface area (Å²) in [4.78, 5) is 21.7. The van der Waals surface area contributed by atoms with Crippen LogP contribution in [0.25, 0.3) is 0 Å². The average Bonchev–Trinajstić information content (AvgIpc) is 2.22. The van der Waals surface area contributed by atoms with Crippen LogP contribution < -0.4 is 0 Å². The van der Waals surface area contributed by atoms with Gasteiger partial charge in [-0.05, 0) is 0 Å². The number of esters is 2. The maximum absolute atomic E-state index is 10.9. The van der Waals surface area contributed by atoms with Gasteiger partial charge in [-0.2, -0.15) is 0 Å². The first kappa shape index (κ1) is 13.9. The highest BCUT2D eigenvalue weighted by Crippen LogP contribution is 2.23. The van der Waals surface area contributed by atoms with Crippen molar-refractivity contribution in [3.8, 4) is 0 Å². The second-order valence-corrected chi connectivity index (χ2v) is 3.63. The van der Waals surface area contributed by atoms with Crippen LogP contribution >= 0.6 is 0 Å². The Morgan fingerprint density at radius 3 is 2.35 bits per heavy atom. The summed E-state index contributed by atoms with van der Waals surface area (Å²) < 4.78 is 14.7. The lowest BCUT2D eigenvalue weighted by Crippen LogP contribution is -2.55. The van der Waals surface area contributed by atoms with Crippen LogP contribution in [0, 0.1) is 6.61 Å². The van der Waals surface area contributed by atoms with Crippen molar-refractivity contribution >= 4 is 11.9 Å². The molecule has 0 aromatic carbocycles. The smallest absolute Gasteiger partial charge is 0.303 e. The summed E-state index contributed by atoms with van der Waals surface area (Å²) in [6.07, 6.45) is -4.25. The highest BCUT2D eigenvalue weighted by atomic mass is 16.6. The maximum atomic E-state index is 10.9. The van der Waals surface area contributed by atoms with Crippen molar-refractivity contribution in [1.29, 1.82) is 0 Å². The quantitative estimate of drug-likeness (QED) is 0.601. The molecular formula is C10H15O7. The van der Waals surface area contributed by atoms with Crippen molar-refractivity contribution in [3.05, 3.63) is 6.61 Å². The van der Waals surface area contributed by atoms with Crippen molar-refractivity contribution in [2.24, 2.45) is 0 Å². The van der Waals surface area contributed by atoms with Crippen LogP contribution in [-0.2, 0) is 23.8 Å². The molecule has 0 aromatic rings. The lowest BCUT2D eigenvalue weighted by atomic mass is 10.00. The third-order valence-electron chi connectivity index (χ3n) is 2.21. The normalized spacial score (nSPS) is 32.9. The van der Waals surface area contributed by atoms with Gasteiger partial charge in [-0.15, -0.1) is 0 Å². The lowest BCUT2D eigenvalue weighted by molar-refractivity contribution is -0.205. The van der Waals surface area contributed by atoms with Crippen molar-refractivity contribution in [3.63, 3.8) is 0 Å². The average molecular weight is 247 g/mol. The number of carbonyl (C=O) groups excluding carboxylic acids is 2. The zero-order valence-electron chi connectivity index (χ0n) is 9.53. The Kier molecular flexibility index (Phi) is 4.86. The second kappa shape index (κ2) is 5.95. The van der Waals surface area contributed by atoms with E-state index in [1.807, 2.05) is 0 Å². The molecule has 17 heavy (non-hydrogen) atoms. The fourth-order valence-electron chi connectivity index (χ4n) is 1.51. The third kappa shape index (κ3) is 3.65. The molecule has 1 fully saturated rings. The van der Waals surface area contributed by atoms with Crippen LogP contribution in [0.5, 0.6) is 0 Å². The maximum Gasteiger partial charge on any atom is 0.303 e. The molecule has 7 nitrogen and oxygen atoms in total. The summed E-state index contributed by atoms with van der Waals surface area (Å²) >= 11 is 0. The topological polar surface area (TPSA) is 102 Å². The molecule has 0 saturated carbocycles. The molecule has 1 rings (SSSR count). The molecule has 1 aliphatic rings. The van der Waals surface area contributed by atoms with Crippen LogP contribution in [0.4, 0.5) is 0 Å². The predicted molar refractivity (Wildman–Crippen MR) is 53.4 cm³/mol. The first-order valence-corrected chi connectivity index (χ1v) is 5.08. The standard InChI is InChI=1S/C10H15O7/c1-5(12)16-8-4-15-7(3-11)9(14)10(8)17-6(2)13/h4,7-11,14H,3H2,1-2H3/t7-,8+,9-,10-/m1/s1. The molecule has 0 unspecified atom stereocenters. The van der Waals surface area contributed by atoms with Gasteiger partial charge in [0, 0.05) is 13.8 Å². The van der Waals surface area contributed by atoms with E-state index in [9.17, 15) is 14.7 Å². The minimum absolute atomic E-state index is 0.442. The molecule has 0 aliphatic carbocycles. The Labute approximate surface area is 98.3 Å². The SMILES string of the molecule is CC(=O)O[C@H]1[C@H](O)[C@@H](CO)O[CH][C@@H]1OC(C)=O. The summed E-state index contributed by atoms with van der Waals surface area (Å²) in [6, 6.07) is 0. The van der Waals surface area contributed by atoms with Crippen molar-refractivity contribution in [2.75, 3.05) is 6.61 Å². The zero-order valence-corrected chi connectivity index (χ0v) is 9.53. The summed E-state index contributed by atoms with van der Waals surface area (Å²) in [6.45, 7) is 3.04. The van der Waals surface area contributed by atoms with E-state index in [4.69, 9.17) is 19.3 Å². The highest BCUT2D eigenvalue weighted by molar-refractivity contribution is 5.67. The molecule has 1 heterocycles. The summed E-state index contributed by atoms with van der Waals surface area (Å²) in [5.74, 6) is -1.22. The first-order valence-electron chi connectivity index (χ1n) is 5.08. The van der Waals surface area contributed by atoms with E-state index < -0.39 is 43.0 Å². The highest BCUT2D eigenvalue weighted by Gasteiger charge is 2.43. The van der Waals surface area contributed by atoms with Gasteiger partial charge < -0.3 is 24.4 Å². The van der Waals surface area contributed by atoms with Crippen LogP contribution in [0.3, 0.4) is 0 Å². The number of carbonyl (C=O) groups is 2. The largest absolute Gasteiger partial charge is 0.456 e. The summed E-state index contributed by atoms with van der Waals surface area (Å²) in [5, 5.41) is 18.7. The molecule has 0 spiro atoms. The van der Waals surface area contributed by atoms with E-state index in [0.29, 0.717) is 0 Å². The Balaban J connectivity index is 2.75. The minimum atomic E-state index is -1.27. The fourth-order valence-corrected chi connectivity index (χ4v) is 1.51. The van der Waals surface area contributed by atoms with Gasteiger partial charge in [0.1, 0.15) is 18.8 Å². The summed E-state index contributed by atoms with van der Waals surface area (Å²) in [5.41, 5.74) is 0. The molecule has 1 saturated heterocycles. The number of ether oxygens (including phenoxy) is 3. The monoisotopic (exact) mass is 247 g/mol. The van der Waals surface area contributed by atoms with Gasteiger partial charge in [-0.1, -0.05) is 0 Å². The Bertz CT molecular complexity index is 290. The van der Waals surface area contributed by atoms with E-state index in [1.54, 1.807) is 0 Å². The number of hydrogen-bond donors (Lipinski definition) is 2. The first-order chi connectivity index (χ1) is 7.95. The fraction of sp³-hybridized carbons (Fsp3) is 0.700. The van der Waals surface area contributed by atoms with Gasteiger partial charge in [0.2, 0.25) is 0 Å². The van der Waals surface area contributed by atoms with Crippen molar-refractivity contribution < 1.29 is 34.0 Å². The van der Waals surface area contributed by atoms with Gasteiger partial charge in [0.05, 0.1) is 6.61 Å². The van der Waals surface area contributed by atoms with Gasteiger partial charge in [0.15, 0.2) is 12.2 Å². The molecule has 0 bridgehead atoms. The van der Waals surface area contributed by atoms with Crippen molar-refractivity contribution in [1.82, 2.24) is 0 Å². The number of rotatable bonds is 3. The Morgan fingerprint density at radius 2 is 1.88 bits per heavy atom. The van der Waals surface area contributed by atoms with Crippen LogP contribution in [0.15, 0.2) is 0 Å². The van der Waals surface area contributed by atoms with Crippen LogP contribution in [0.2, 0.25) is 0 Å². The van der Waals surface area contributed by atoms with Crippen molar-refractivity contribution in [2.45, 2.75) is 38.3 Å². The van der Waals surface area contributed by atoms with E-state index in [0.717, 1.165) is 6.61 Å². The molecular weight excluding hydrogens is 232 g/mol. The van der Waals surface area contributed by atoms with E-state index >= 15 is 0 Å². The zero-order chi connectivity index (χ0) is 13.0. The van der Waals surface area contributed by atoms with Crippen LogP contribution in [-0.4, -0.2) is 53.2 Å². The molecule has 0 amide bonds. The lowest BCUT2D eigenvalue weighted by Gasteiger charge is -2.37. The van der Waals surface area contributed by atoms with Gasteiger partial charge in [-0.25, -0.2) is 0 Å². The van der Waals surface area contributed by atoms with Gasteiger partial charge in [-0.3, -0.25) is 9.59 Å². The molecule has 1 aliphatic heterocycles. The van der Waals surface area contributed by atoms with Gasteiger partial charge >= 0.3 is 11.9 Å². The second-order valence-electron chi connectivity index (χ2n) is 3.63. The van der Waals surface area contributed by atoms with Crippen LogP contribution in [0.1, 0.15) is 13.8 Å². The Morgan fingerprint density at radius 1 is 1.29 bits per heavy atom. The minimum Gasteiger partial charge on any atom is -0.456 e. The molecule has 1 radical (unpaired) electrons. The summed E-state index contributed by atoms with van der Waals surface area (Å²) in [7, 11) is 0. The molecule has 97 valence electrons. The van der Waals surface area contributed by atoms with E-state index in [1.165, 1.54) is 13.8 Å². The molecule has 4 atom stereocenters. The third-order valence-corrected chi connectivity index (χ3v) is 2.21. The number of hydrogen-bond acceptors (Lipinski definition) is 7. The predicted octanol–water partition coefficient (Wildman–Crippen LogP) is -1.24.